The number of nitrogens with zero attached hydrogens (tertiary/aromatic N) is 1. The summed E-state index contributed by atoms with van der Waals surface area (Å²) < 4.78 is 5.56. The summed E-state index contributed by atoms with van der Waals surface area (Å²) in [5, 5.41) is 5.66. The van der Waals surface area contributed by atoms with Crippen molar-refractivity contribution in [3.63, 3.8) is 0 Å². The van der Waals surface area contributed by atoms with Crippen LogP contribution in [0.2, 0.25) is 0 Å². The molecule has 2 amide bonds. The number of thiocarbonyl (C=S) groups is 1. The topological polar surface area (TPSA) is 87.7 Å². The zero-order valence-corrected chi connectivity index (χ0v) is 17.9. The maximum atomic E-state index is 12.4. The normalized spacial score (nSPS) is 19.7. The zero-order chi connectivity index (χ0) is 21.3. The standard InChI is InChI=1S/C22H29N3O4S/c26-19(12-11-16-7-3-1-4-8-16)24-22(30)25-14-13-23-21(28)18(25)15-20(27)29-17-9-5-2-6-10-17/h1,3-4,7-8,17-18H,2,5-6,9-15H2,(H,23,28)(H,24,26,30). The molecule has 162 valence electrons. The predicted octanol–water partition coefficient (Wildman–Crippen LogP) is 2.09. The van der Waals surface area contributed by atoms with E-state index < -0.39 is 12.0 Å². The molecule has 1 heterocycles. The van der Waals surface area contributed by atoms with Crippen molar-refractivity contribution in [1.29, 1.82) is 0 Å². The molecule has 1 aromatic carbocycles. The number of aryl methyl sites for hydroxylation is 1. The number of carbonyl (C=O) groups excluding carboxylic acids is 3. The lowest BCUT2D eigenvalue weighted by Crippen LogP contribution is -2.60. The number of carbonyl (C=O) groups is 3. The van der Waals surface area contributed by atoms with Crippen molar-refractivity contribution in [2.75, 3.05) is 13.1 Å². The first kappa shape index (κ1) is 22.2. The summed E-state index contributed by atoms with van der Waals surface area (Å²) in [6.45, 7) is 0.845. The molecule has 2 fully saturated rings. The summed E-state index contributed by atoms with van der Waals surface area (Å²) in [6, 6.07) is 8.96. The van der Waals surface area contributed by atoms with Gasteiger partial charge in [-0.1, -0.05) is 36.8 Å². The summed E-state index contributed by atoms with van der Waals surface area (Å²) in [4.78, 5) is 38.8. The number of amides is 2. The van der Waals surface area contributed by atoms with Gasteiger partial charge in [0.2, 0.25) is 11.8 Å². The first-order valence-corrected chi connectivity index (χ1v) is 11.1. The van der Waals surface area contributed by atoms with Gasteiger partial charge in [0.05, 0.1) is 6.42 Å². The van der Waals surface area contributed by atoms with Crippen LogP contribution >= 0.6 is 12.2 Å². The van der Waals surface area contributed by atoms with Crippen molar-refractivity contribution in [1.82, 2.24) is 15.5 Å². The van der Waals surface area contributed by atoms with Crippen LogP contribution in [0, 0.1) is 0 Å². The monoisotopic (exact) mass is 431 g/mol. The van der Waals surface area contributed by atoms with E-state index in [2.05, 4.69) is 10.6 Å². The third-order valence-electron chi connectivity index (χ3n) is 5.53. The molecule has 7 nitrogen and oxygen atoms in total. The molecule has 0 spiro atoms. The molecule has 0 radical (unpaired) electrons. The Labute approximate surface area is 182 Å². The SMILES string of the molecule is O=C(CCc1ccccc1)NC(=S)N1CCNC(=O)C1CC(=O)OC1CCCCC1. The highest BCUT2D eigenvalue weighted by Gasteiger charge is 2.34. The van der Waals surface area contributed by atoms with Crippen LogP contribution < -0.4 is 10.6 Å². The van der Waals surface area contributed by atoms with E-state index in [0.717, 1.165) is 31.2 Å². The average Bonchev–Trinajstić information content (AvgIpc) is 2.75. The number of piperazine rings is 1. The number of rotatable bonds is 6. The Bertz CT molecular complexity index is 765. The smallest absolute Gasteiger partial charge is 0.308 e. The van der Waals surface area contributed by atoms with Crippen molar-refractivity contribution in [2.45, 2.75) is 63.5 Å². The molecule has 2 aliphatic rings. The van der Waals surface area contributed by atoms with Crippen molar-refractivity contribution >= 4 is 35.1 Å². The fraction of sp³-hybridized carbons (Fsp3) is 0.545. The van der Waals surface area contributed by atoms with Gasteiger partial charge in [0.15, 0.2) is 5.11 Å². The minimum atomic E-state index is -0.767. The minimum Gasteiger partial charge on any atom is -0.462 e. The summed E-state index contributed by atoms with van der Waals surface area (Å²) in [7, 11) is 0. The second-order valence-electron chi connectivity index (χ2n) is 7.79. The molecule has 30 heavy (non-hydrogen) atoms. The summed E-state index contributed by atoms with van der Waals surface area (Å²) in [6.07, 6.45) is 5.81. The van der Waals surface area contributed by atoms with Crippen LogP contribution in [-0.2, 0) is 25.5 Å². The molecule has 1 saturated heterocycles. The third-order valence-corrected chi connectivity index (χ3v) is 5.87. The van der Waals surface area contributed by atoms with Crippen LogP contribution in [0.25, 0.3) is 0 Å². The molecular formula is C22H29N3O4S. The first-order chi connectivity index (χ1) is 14.5. The molecule has 1 unspecified atom stereocenters. The van der Waals surface area contributed by atoms with E-state index in [-0.39, 0.29) is 29.5 Å². The number of nitrogens with one attached hydrogen (secondary N) is 2. The molecular weight excluding hydrogens is 402 g/mol. The lowest BCUT2D eigenvalue weighted by molar-refractivity contribution is -0.153. The van der Waals surface area contributed by atoms with Gasteiger partial charge in [-0.25, -0.2) is 0 Å². The largest absolute Gasteiger partial charge is 0.462 e. The Morgan fingerprint density at radius 1 is 1.17 bits per heavy atom. The molecule has 8 heteroatoms. The van der Waals surface area contributed by atoms with Crippen LogP contribution in [-0.4, -0.2) is 53.0 Å². The molecule has 0 aromatic heterocycles. The van der Waals surface area contributed by atoms with Crippen molar-refractivity contribution < 1.29 is 19.1 Å². The van der Waals surface area contributed by atoms with Crippen LogP contribution in [0.3, 0.4) is 0 Å². The van der Waals surface area contributed by atoms with Gasteiger partial charge in [-0.2, -0.15) is 0 Å². The highest BCUT2D eigenvalue weighted by molar-refractivity contribution is 7.80. The van der Waals surface area contributed by atoms with E-state index in [0.29, 0.717) is 25.9 Å². The first-order valence-electron chi connectivity index (χ1n) is 10.6. The van der Waals surface area contributed by atoms with E-state index in [1.54, 1.807) is 4.90 Å². The van der Waals surface area contributed by atoms with Gasteiger partial charge < -0.3 is 20.3 Å². The van der Waals surface area contributed by atoms with Gasteiger partial charge >= 0.3 is 5.97 Å². The number of hydrogen-bond donors (Lipinski definition) is 2. The molecule has 1 saturated carbocycles. The zero-order valence-electron chi connectivity index (χ0n) is 17.1. The van der Waals surface area contributed by atoms with Crippen LogP contribution in [0.1, 0.15) is 50.5 Å². The Morgan fingerprint density at radius 3 is 2.63 bits per heavy atom. The van der Waals surface area contributed by atoms with Crippen molar-refractivity contribution in [2.24, 2.45) is 0 Å². The Hall–Kier alpha value is -2.48. The van der Waals surface area contributed by atoms with Gasteiger partial charge in [0, 0.05) is 19.5 Å². The molecule has 1 aromatic rings. The molecule has 1 atom stereocenters. The van der Waals surface area contributed by atoms with Gasteiger partial charge in [-0.05, 0) is 49.9 Å². The number of hydrogen-bond acceptors (Lipinski definition) is 5. The molecule has 1 aliphatic carbocycles. The Balaban J connectivity index is 1.52. The van der Waals surface area contributed by atoms with E-state index in [4.69, 9.17) is 17.0 Å². The van der Waals surface area contributed by atoms with Gasteiger partial charge in [-0.3, -0.25) is 14.4 Å². The highest BCUT2D eigenvalue weighted by atomic mass is 32.1. The van der Waals surface area contributed by atoms with E-state index in [1.807, 2.05) is 30.3 Å². The maximum absolute atomic E-state index is 12.4. The molecule has 3 rings (SSSR count). The minimum absolute atomic E-state index is 0.0593. The highest BCUT2D eigenvalue weighted by Crippen LogP contribution is 2.21. The number of ether oxygens (including phenoxy) is 1. The fourth-order valence-electron chi connectivity index (χ4n) is 3.89. The quantitative estimate of drug-likeness (QED) is 0.530. The predicted molar refractivity (Wildman–Crippen MR) is 117 cm³/mol. The lowest BCUT2D eigenvalue weighted by Gasteiger charge is -2.36. The average molecular weight is 432 g/mol. The second-order valence-corrected chi connectivity index (χ2v) is 8.18. The van der Waals surface area contributed by atoms with Crippen LogP contribution in [0.4, 0.5) is 0 Å². The maximum Gasteiger partial charge on any atom is 0.308 e. The van der Waals surface area contributed by atoms with Crippen molar-refractivity contribution in [3.8, 4) is 0 Å². The van der Waals surface area contributed by atoms with Crippen molar-refractivity contribution in [3.05, 3.63) is 35.9 Å². The second kappa shape index (κ2) is 11.1. The van der Waals surface area contributed by atoms with Gasteiger partial charge in [-0.15, -0.1) is 0 Å². The van der Waals surface area contributed by atoms with E-state index in [9.17, 15) is 14.4 Å². The summed E-state index contributed by atoms with van der Waals surface area (Å²) in [5.41, 5.74) is 1.07. The van der Waals surface area contributed by atoms with E-state index in [1.165, 1.54) is 6.42 Å². The van der Waals surface area contributed by atoms with Crippen LogP contribution in [0.15, 0.2) is 30.3 Å². The summed E-state index contributed by atoms with van der Waals surface area (Å²) in [5.74, 6) is -0.881. The molecule has 0 bridgehead atoms. The van der Waals surface area contributed by atoms with Crippen LogP contribution in [0.5, 0.6) is 0 Å². The fourth-order valence-corrected chi connectivity index (χ4v) is 4.22. The number of benzene rings is 1. The number of esters is 1. The lowest BCUT2D eigenvalue weighted by atomic mass is 9.98. The van der Waals surface area contributed by atoms with Gasteiger partial charge in [0.1, 0.15) is 12.1 Å². The Kier molecular flexibility index (Phi) is 8.19. The van der Waals surface area contributed by atoms with E-state index >= 15 is 0 Å². The van der Waals surface area contributed by atoms with Gasteiger partial charge in [0.25, 0.3) is 0 Å². The molecule has 1 aliphatic heterocycles. The Morgan fingerprint density at radius 2 is 1.90 bits per heavy atom. The molecule has 2 N–H and O–H groups in total. The summed E-state index contributed by atoms with van der Waals surface area (Å²) >= 11 is 5.39. The third kappa shape index (κ3) is 6.52.